The fourth-order valence-electron chi connectivity index (χ4n) is 3.69. The Kier molecular flexibility index (Phi) is 8.29. The van der Waals surface area contributed by atoms with Crippen LogP contribution in [-0.4, -0.2) is 25.7 Å². The molecule has 1 aromatic heterocycles. The first-order chi connectivity index (χ1) is 15.5. The van der Waals surface area contributed by atoms with E-state index in [0.717, 1.165) is 36.3 Å². The topological polar surface area (TPSA) is 65.0 Å². The number of benzene rings is 1. The largest absolute Gasteiger partial charge is 0.481 e. The molecule has 1 aromatic carbocycles. The van der Waals surface area contributed by atoms with E-state index in [2.05, 4.69) is 63.5 Å². The van der Waals surface area contributed by atoms with Crippen molar-refractivity contribution in [1.29, 1.82) is 0 Å². The maximum atomic E-state index is 10.8. The van der Waals surface area contributed by atoms with Crippen LogP contribution in [0.1, 0.15) is 69.9 Å². The Morgan fingerprint density at radius 1 is 1.18 bits per heavy atom. The van der Waals surface area contributed by atoms with Crippen molar-refractivity contribution in [3.63, 3.8) is 0 Å². The fraction of sp³-hybridized carbons (Fsp3) is 0.577. The summed E-state index contributed by atoms with van der Waals surface area (Å²) in [6.45, 7) is 13.5. The maximum Gasteiger partial charge on any atom is 0.303 e. The maximum absolute atomic E-state index is 10.8. The van der Waals surface area contributed by atoms with Crippen LogP contribution in [0.25, 0.3) is 0 Å². The van der Waals surface area contributed by atoms with Crippen molar-refractivity contribution in [3.8, 4) is 11.5 Å². The van der Waals surface area contributed by atoms with Gasteiger partial charge in [-0.2, -0.15) is 0 Å². The van der Waals surface area contributed by atoms with Crippen molar-refractivity contribution < 1.29 is 23.8 Å². The number of hydrogen-bond donors (Lipinski definition) is 1. The molecule has 1 N–H and O–H groups in total. The van der Waals surface area contributed by atoms with Crippen LogP contribution in [0.3, 0.4) is 0 Å². The molecule has 0 saturated carbocycles. The van der Waals surface area contributed by atoms with E-state index in [1.54, 1.807) is 11.3 Å². The van der Waals surface area contributed by atoms with Gasteiger partial charge in [-0.15, -0.1) is 11.3 Å². The Balaban J connectivity index is 1.73. The van der Waals surface area contributed by atoms with Gasteiger partial charge in [-0.25, -0.2) is 0 Å². The molecule has 0 fully saturated rings. The molecule has 1 aliphatic heterocycles. The molecule has 1 aliphatic rings. The van der Waals surface area contributed by atoms with Crippen molar-refractivity contribution in [2.24, 2.45) is 5.92 Å². The van der Waals surface area contributed by atoms with Crippen LogP contribution in [0.5, 0.6) is 11.5 Å². The Morgan fingerprint density at radius 2 is 1.91 bits per heavy atom. The molecule has 0 radical (unpaired) electrons. The van der Waals surface area contributed by atoms with Gasteiger partial charge >= 0.3 is 5.97 Å². The van der Waals surface area contributed by atoms with Gasteiger partial charge < -0.3 is 19.0 Å². The van der Waals surface area contributed by atoms with Crippen LogP contribution >= 0.6 is 11.3 Å². The molecule has 7 heteroatoms. The lowest BCUT2D eigenvalue weighted by Crippen LogP contribution is -2.41. The second kappa shape index (κ2) is 10.6. The monoisotopic (exact) mass is 490 g/mol. The number of rotatable bonds is 11. The third-order valence-corrected chi connectivity index (χ3v) is 12.2. The van der Waals surface area contributed by atoms with Crippen LogP contribution < -0.4 is 9.47 Å². The molecule has 3 atom stereocenters. The predicted octanol–water partition coefficient (Wildman–Crippen LogP) is 7.43. The van der Waals surface area contributed by atoms with Crippen LogP contribution in [-0.2, 0) is 15.6 Å². The van der Waals surface area contributed by atoms with Crippen LogP contribution in [0.4, 0.5) is 0 Å². The number of hydrogen-bond acceptors (Lipinski definition) is 5. The van der Waals surface area contributed by atoms with E-state index in [0.29, 0.717) is 6.42 Å². The Labute approximate surface area is 203 Å². The summed E-state index contributed by atoms with van der Waals surface area (Å²) in [4.78, 5) is 12.2. The summed E-state index contributed by atoms with van der Waals surface area (Å²) in [5.74, 6) is 0.845. The third-order valence-electron chi connectivity index (χ3n) is 6.82. The summed E-state index contributed by atoms with van der Waals surface area (Å²) >= 11 is 1.79. The van der Waals surface area contributed by atoms with Crippen molar-refractivity contribution >= 4 is 25.6 Å². The lowest BCUT2D eigenvalue weighted by atomic mass is 10.0. The van der Waals surface area contributed by atoms with Gasteiger partial charge in [0.15, 0.2) is 19.8 Å². The molecular weight excluding hydrogens is 452 g/mol. The molecule has 0 bridgehead atoms. The molecule has 33 heavy (non-hydrogen) atoms. The summed E-state index contributed by atoms with van der Waals surface area (Å²) in [7, 11) is -1.97. The van der Waals surface area contributed by atoms with Crippen LogP contribution in [0.2, 0.25) is 18.1 Å². The highest BCUT2D eigenvalue weighted by molar-refractivity contribution is 7.09. The Bertz CT molecular complexity index is 919. The van der Waals surface area contributed by atoms with Gasteiger partial charge in [0.2, 0.25) is 6.29 Å². The van der Waals surface area contributed by atoms with Crippen molar-refractivity contribution in [1.82, 2.24) is 0 Å². The number of ether oxygens (including phenoxy) is 2. The van der Waals surface area contributed by atoms with Gasteiger partial charge in [0.25, 0.3) is 0 Å². The molecule has 3 rings (SSSR count). The summed E-state index contributed by atoms with van der Waals surface area (Å²) < 4.78 is 19.1. The van der Waals surface area contributed by atoms with Crippen LogP contribution in [0, 0.1) is 5.92 Å². The summed E-state index contributed by atoms with van der Waals surface area (Å²) in [6.07, 6.45) is 3.05. The number of aryl methyl sites for hydroxylation is 1. The summed E-state index contributed by atoms with van der Waals surface area (Å²) in [5.41, 5.74) is 1.12. The van der Waals surface area contributed by atoms with Gasteiger partial charge in [0.05, 0.1) is 6.10 Å². The number of carboxylic acids is 1. The third kappa shape index (κ3) is 6.84. The normalized spacial score (nSPS) is 17.7. The van der Waals surface area contributed by atoms with Gasteiger partial charge in [-0.1, -0.05) is 39.8 Å². The minimum atomic E-state index is -1.97. The summed E-state index contributed by atoms with van der Waals surface area (Å²) in [5, 5.41) is 11.1. The number of fused-ring (bicyclic) bond motifs is 1. The van der Waals surface area contributed by atoms with E-state index in [-0.39, 0.29) is 29.8 Å². The number of thiophene rings is 1. The van der Waals surface area contributed by atoms with E-state index in [1.807, 2.05) is 13.0 Å². The number of carboxylic acid groups (broad SMARTS) is 1. The first kappa shape index (κ1) is 25.8. The molecule has 5 nitrogen and oxygen atoms in total. The Morgan fingerprint density at radius 3 is 2.55 bits per heavy atom. The smallest absolute Gasteiger partial charge is 0.303 e. The van der Waals surface area contributed by atoms with Gasteiger partial charge in [-0.05, 0) is 73.0 Å². The quantitative estimate of drug-likeness (QED) is 0.332. The van der Waals surface area contributed by atoms with E-state index in [1.165, 1.54) is 4.88 Å². The molecule has 3 unspecified atom stereocenters. The average Bonchev–Trinajstić information content (AvgIpc) is 3.38. The Hall–Kier alpha value is -1.83. The standard InChI is InChI=1S/C26H38O5SSi/c1-18(9-7-11-24(27)28)25-29-22-14-12-19(17-23(22)30-25)21(15-13-20-10-8-16-32-20)31-33(5,6)26(2,3)4/h8,10,12,14,16-18,21,25H,7,9,11,13,15H2,1-6H3,(H,27,28). The zero-order valence-electron chi connectivity index (χ0n) is 20.7. The lowest BCUT2D eigenvalue weighted by molar-refractivity contribution is -0.137. The van der Waals surface area contributed by atoms with Crippen molar-refractivity contribution in [2.45, 2.75) is 90.3 Å². The zero-order chi connectivity index (χ0) is 24.2. The highest BCUT2D eigenvalue weighted by atomic mass is 32.1. The van der Waals surface area contributed by atoms with E-state index >= 15 is 0 Å². The fourth-order valence-corrected chi connectivity index (χ4v) is 5.73. The second-order valence-corrected chi connectivity index (χ2v) is 16.3. The first-order valence-corrected chi connectivity index (χ1v) is 15.6. The number of aliphatic carboxylic acids is 1. The van der Waals surface area contributed by atoms with Crippen molar-refractivity contribution in [2.75, 3.05) is 0 Å². The first-order valence-electron chi connectivity index (χ1n) is 11.9. The molecular formula is C26H38O5SSi. The van der Waals surface area contributed by atoms with E-state index in [9.17, 15) is 4.79 Å². The highest BCUT2D eigenvalue weighted by Gasteiger charge is 2.40. The molecule has 182 valence electrons. The number of carbonyl (C=O) groups is 1. The van der Waals surface area contributed by atoms with Gasteiger partial charge in [0, 0.05) is 17.2 Å². The minimum absolute atomic E-state index is 0.00562. The van der Waals surface area contributed by atoms with Crippen LogP contribution in [0.15, 0.2) is 35.7 Å². The molecule has 0 aliphatic carbocycles. The van der Waals surface area contributed by atoms with E-state index in [4.69, 9.17) is 19.0 Å². The zero-order valence-corrected chi connectivity index (χ0v) is 22.5. The molecule has 2 aromatic rings. The second-order valence-electron chi connectivity index (χ2n) is 10.6. The molecule has 2 heterocycles. The SMILES string of the molecule is CC(CCCC(=O)O)C1Oc2ccc(C(CCc3cccs3)O[Si](C)(C)C(C)(C)C)cc2O1. The average molecular weight is 491 g/mol. The highest BCUT2D eigenvalue weighted by Crippen LogP contribution is 2.44. The van der Waals surface area contributed by atoms with Crippen molar-refractivity contribution in [3.05, 3.63) is 46.2 Å². The molecule has 0 spiro atoms. The molecule has 0 amide bonds. The van der Waals surface area contributed by atoms with E-state index < -0.39 is 14.3 Å². The molecule has 0 saturated heterocycles. The lowest BCUT2D eigenvalue weighted by Gasteiger charge is -2.39. The van der Waals surface area contributed by atoms with Gasteiger partial charge in [0.1, 0.15) is 0 Å². The minimum Gasteiger partial charge on any atom is -0.481 e. The predicted molar refractivity (Wildman–Crippen MR) is 136 cm³/mol. The van der Waals surface area contributed by atoms with Gasteiger partial charge in [-0.3, -0.25) is 4.79 Å². The summed E-state index contributed by atoms with van der Waals surface area (Å²) in [6, 6.07) is 10.4.